The summed E-state index contributed by atoms with van der Waals surface area (Å²) in [6, 6.07) is 7.36. The highest BCUT2D eigenvalue weighted by atomic mass is 79.9. The molecule has 0 spiro atoms. The molecule has 2 rings (SSSR count). The smallest absolute Gasteiger partial charge is 0.269 e. The zero-order valence-electron chi connectivity index (χ0n) is 9.88. The lowest BCUT2D eigenvalue weighted by Gasteiger charge is -2.16. The molecule has 0 aliphatic rings. The van der Waals surface area contributed by atoms with Crippen LogP contribution >= 0.6 is 27.3 Å². The highest BCUT2D eigenvalue weighted by Crippen LogP contribution is 2.24. The third kappa shape index (κ3) is 2.70. The van der Waals surface area contributed by atoms with Gasteiger partial charge in [0.15, 0.2) is 3.92 Å². The van der Waals surface area contributed by atoms with E-state index in [2.05, 4.69) is 20.9 Å². The Morgan fingerprint density at radius 3 is 2.89 bits per heavy atom. The zero-order chi connectivity index (χ0) is 13.1. The lowest BCUT2D eigenvalue weighted by Crippen LogP contribution is -2.25. The lowest BCUT2D eigenvalue weighted by molar-refractivity contribution is 0.0996. The number of benzene rings is 1. The first-order valence-electron chi connectivity index (χ1n) is 5.15. The van der Waals surface area contributed by atoms with Crippen molar-refractivity contribution in [1.29, 1.82) is 0 Å². The van der Waals surface area contributed by atoms with Gasteiger partial charge in [0, 0.05) is 18.8 Å². The van der Waals surface area contributed by atoms with E-state index in [4.69, 9.17) is 4.74 Å². The summed E-state index contributed by atoms with van der Waals surface area (Å²) in [4.78, 5) is 18.4. The maximum Gasteiger partial charge on any atom is 0.269 e. The van der Waals surface area contributed by atoms with Crippen molar-refractivity contribution in [3.8, 4) is 5.75 Å². The van der Waals surface area contributed by atoms with Crippen LogP contribution < -0.4 is 9.64 Å². The number of halogens is 1. The Labute approximate surface area is 117 Å². The van der Waals surface area contributed by atoms with Gasteiger partial charge < -0.3 is 9.64 Å². The summed E-state index contributed by atoms with van der Waals surface area (Å²) < 4.78 is 5.84. The second-order valence-electron chi connectivity index (χ2n) is 3.54. The normalized spacial score (nSPS) is 10.2. The van der Waals surface area contributed by atoms with Crippen molar-refractivity contribution in [2.45, 2.75) is 0 Å². The molecule has 0 atom stereocenters. The molecule has 0 aliphatic heterocycles. The molecule has 0 fully saturated rings. The Hall–Kier alpha value is -1.40. The molecule has 2 aromatic rings. The van der Waals surface area contributed by atoms with E-state index in [1.165, 1.54) is 11.3 Å². The van der Waals surface area contributed by atoms with Gasteiger partial charge in [0.2, 0.25) is 0 Å². The molecule has 18 heavy (non-hydrogen) atoms. The van der Waals surface area contributed by atoms with Crippen molar-refractivity contribution >= 4 is 38.9 Å². The summed E-state index contributed by atoms with van der Waals surface area (Å²) in [5, 5.41) is 0. The van der Waals surface area contributed by atoms with Gasteiger partial charge in [-0.2, -0.15) is 0 Å². The van der Waals surface area contributed by atoms with Crippen molar-refractivity contribution in [3.63, 3.8) is 0 Å². The number of carbonyl (C=O) groups is 1. The van der Waals surface area contributed by atoms with Gasteiger partial charge in [-0.1, -0.05) is 6.07 Å². The highest BCUT2D eigenvalue weighted by Gasteiger charge is 2.16. The molecule has 0 saturated carbocycles. The Balaban J connectivity index is 2.25. The van der Waals surface area contributed by atoms with Gasteiger partial charge in [-0.15, -0.1) is 11.3 Å². The number of ether oxygens (including phenoxy) is 1. The van der Waals surface area contributed by atoms with Crippen molar-refractivity contribution in [2.75, 3.05) is 19.1 Å². The van der Waals surface area contributed by atoms with Gasteiger partial charge in [0.25, 0.3) is 5.91 Å². The van der Waals surface area contributed by atoms with Gasteiger partial charge >= 0.3 is 0 Å². The Kier molecular flexibility index (Phi) is 3.98. The first-order valence-corrected chi connectivity index (χ1v) is 6.76. The SMILES string of the molecule is COc1cccc(N(C)C(=O)c2cnc(Br)s2)c1. The second-order valence-corrected chi connectivity index (χ2v) is 5.85. The molecule has 0 saturated heterocycles. The van der Waals surface area contributed by atoms with Gasteiger partial charge in [0.05, 0.1) is 13.3 Å². The fourth-order valence-electron chi connectivity index (χ4n) is 1.45. The molecule has 1 aromatic heterocycles. The average Bonchev–Trinajstić information content (AvgIpc) is 2.83. The molecule has 4 nitrogen and oxygen atoms in total. The van der Waals surface area contributed by atoms with E-state index in [0.29, 0.717) is 8.79 Å². The second kappa shape index (κ2) is 5.49. The number of anilines is 1. The number of aromatic nitrogens is 1. The number of rotatable bonds is 3. The van der Waals surface area contributed by atoms with Crippen molar-refractivity contribution in [1.82, 2.24) is 4.98 Å². The third-order valence-electron chi connectivity index (χ3n) is 2.43. The molecule has 1 amide bonds. The van der Waals surface area contributed by atoms with E-state index in [1.54, 1.807) is 25.3 Å². The predicted octanol–water partition coefficient (Wildman–Crippen LogP) is 3.19. The van der Waals surface area contributed by atoms with Gasteiger partial charge in [-0.3, -0.25) is 4.79 Å². The van der Waals surface area contributed by atoms with Crippen molar-refractivity contribution < 1.29 is 9.53 Å². The molecule has 0 radical (unpaired) electrons. The molecule has 94 valence electrons. The maximum absolute atomic E-state index is 12.2. The van der Waals surface area contributed by atoms with Crippen molar-refractivity contribution in [2.24, 2.45) is 0 Å². The number of hydrogen-bond acceptors (Lipinski definition) is 4. The predicted molar refractivity (Wildman–Crippen MR) is 75.5 cm³/mol. The minimum absolute atomic E-state index is 0.0912. The molecule has 6 heteroatoms. The number of carbonyl (C=O) groups excluding carboxylic acids is 1. The van der Waals surface area contributed by atoms with Gasteiger partial charge in [-0.05, 0) is 28.1 Å². The molecule has 0 aliphatic carbocycles. The van der Waals surface area contributed by atoms with E-state index in [-0.39, 0.29) is 5.91 Å². The lowest BCUT2D eigenvalue weighted by atomic mass is 10.2. The van der Waals surface area contributed by atoms with E-state index in [0.717, 1.165) is 11.4 Å². The molecule has 0 N–H and O–H groups in total. The Bertz CT molecular complexity index is 571. The Morgan fingerprint density at radius 2 is 2.28 bits per heavy atom. The van der Waals surface area contributed by atoms with Crippen LogP contribution in [0.4, 0.5) is 5.69 Å². The zero-order valence-corrected chi connectivity index (χ0v) is 12.3. The van der Waals surface area contributed by atoms with Gasteiger partial charge in [-0.25, -0.2) is 4.98 Å². The highest BCUT2D eigenvalue weighted by molar-refractivity contribution is 9.11. The summed E-state index contributed by atoms with van der Waals surface area (Å²) in [5.41, 5.74) is 0.781. The quantitative estimate of drug-likeness (QED) is 0.869. The van der Waals surface area contributed by atoms with Crippen LogP contribution in [0.3, 0.4) is 0 Å². The van der Waals surface area contributed by atoms with Crippen LogP contribution in [-0.4, -0.2) is 25.0 Å². The summed E-state index contributed by atoms with van der Waals surface area (Å²) in [5.74, 6) is 0.629. The number of amides is 1. The Morgan fingerprint density at radius 1 is 1.50 bits per heavy atom. The molecule has 0 bridgehead atoms. The monoisotopic (exact) mass is 326 g/mol. The van der Waals surface area contributed by atoms with E-state index < -0.39 is 0 Å². The first kappa shape index (κ1) is 13.0. The largest absolute Gasteiger partial charge is 0.497 e. The minimum Gasteiger partial charge on any atom is -0.497 e. The summed E-state index contributed by atoms with van der Waals surface area (Å²) >= 11 is 4.56. The molecule has 1 heterocycles. The van der Waals surface area contributed by atoms with Crippen LogP contribution in [0.5, 0.6) is 5.75 Å². The number of methoxy groups -OCH3 is 1. The van der Waals surface area contributed by atoms with E-state index in [1.807, 2.05) is 24.3 Å². The van der Waals surface area contributed by atoms with E-state index in [9.17, 15) is 4.79 Å². The number of thiazole rings is 1. The fourth-order valence-corrected chi connectivity index (χ4v) is 2.70. The van der Waals surface area contributed by atoms with E-state index >= 15 is 0 Å². The van der Waals surface area contributed by atoms with Gasteiger partial charge in [0.1, 0.15) is 10.6 Å². The fraction of sp³-hybridized carbons (Fsp3) is 0.167. The molecule has 1 aromatic carbocycles. The van der Waals surface area contributed by atoms with Crippen LogP contribution in [0.25, 0.3) is 0 Å². The minimum atomic E-state index is -0.0912. The maximum atomic E-state index is 12.2. The first-order chi connectivity index (χ1) is 8.61. The average molecular weight is 327 g/mol. The topological polar surface area (TPSA) is 42.4 Å². The molecular formula is C12H11BrN2O2S. The summed E-state index contributed by atoms with van der Waals surface area (Å²) in [6.45, 7) is 0. The van der Waals surface area contributed by atoms with Crippen LogP contribution in [0.2, 0.25) is 0 Å². The number of nitrogens with zero attached hydrogens (tertiary/aromatic N) is 2. The van der Waals surface area contributed by atoms with Crippen LogP contribution in [-0.2, 0) is 0 Å². The van der Waals surface area contributed by atoms with Crippen LogP contribution in [0, 0.1) is 0 Å². The molecular weight excluding hydrogens is 316 g/mol. The van der Waals surface area contributed by atoms with Crippen LogP contribution in [0.15, 0.2) is 34.4 Å². The summed E-state index contributed by atoms with van der Waals surface area (Å²) in [6.07, 6.45) is 1.56. The molecule has 0 unspecified atom stereocenters. The third-order valence-corrected chi connectivity index (χ3v) is 3.90. The summed E-state index contributed by atoms with van der Waals surface area (Å²) in [7, 11) is 3.33. The van der Waals surface area contributed by atoms with Crippen molar-refractivity contribution in [3.05, 3.63) is 39.3 Å². The van der Waals surface area contributed by atoms with Crippen LogP contribution in [0.1, 0.15) is 9.67 Å². The standard InChI is InChI=1S/C12H11BrN2O2S/c1-15(8-4-3-5-9(6-8)17-2)11(16)10-7-14-12(13)18-10/h3-7H,1-2H3. The number of hydrogen-bond donors (Lipinski definition) is 0.